The SMILES string of the molecule is N#Cc1ccc(Nc2nc(NC3CCOCC3)c(OCCOCCOC(=O)[C@@H]3CCCN3)cc2NF)nc1. The molecule has 0 radical (unpaired) electrons. The fourth-order valence-electron chi connectivity index (χ4n) is 4.07. The lowest BCUT2D eigenvalue weighted by atomic mass is 10.1. The average Bonchev–Trinajstić information content (AvgIpc) is 3.50. The number of esters is 1. The van der Waals surface area contributed by atoms with E-state index >= 15 is 0 Å². The number of halogens is 1. The Balaban J connectivity index is 1.35. The molecule has 0 spiro atoms. The molecule has 13 heteroatoms. The average molecular weight is 530 g/mol. The van der Waals surface area contributed by atoms with Crippen molar-refractivity contribution in [3.8, 4) is 11.8 Å². The van der Waals surface area contributed by atoms with Crippen molar-refractivity contribution < 1.29 is 28.2 Å². The molecule has 4 heterocycles. The van der Waals surface area contributed by atoms with Crippen molar-refractivity contribution in [1.82, 2.24) is 15.3 Å². The van der Waals surface area contributed by atoms with Gasteiger partial charge >= 0.3 is 5.97 Å². The van der Waals surface area contributed by atoms with E-state index in [4.69, 9.17) is 24.2 Å². The predicted octanol–water partition coefficient (Wildman–Crippen LogP) is 2.67. The third-order valence-corrected chi connectivity index (χ3v) is 6.09. The van der Waals surface area contributed by atoms with Gasteiger partial charge in [0.05, 0.1) is 18.8 Å². The summed E-state index contributed by atoms with van der Waals surface area (Å²) in [6.45, 7) is 2.92. The van der Waals surface area contributed by atoms with Gasteiger partial charge in [0, 0.05) is 31.5 Å². The molecule has 0 aromatic carbocycles. The minimum atomic E-state index is -0.256. The summed E-state index contributed by atoms with van der Waals surface area (Å²) in [5.41, 5.74) is 2.10. The number of carbonyl (C=O) groups excluding carboxylic acids is 1. The van der Waals surface area contributed by atoms with E-state index < -0.39 is 0 Å². The van der Waals surface area contributed by atoms with Crippen LogP contribution in [0.15, 0.2) is 24.4 Å². The highest BCUT2D eigenvalue weighted by Crippen LogP contribution is 2.34. The first-order chi connectivity index (χ1) is 18.7. The van der Waals surface area contributed by atoms with Gasteiger partial charge in [-0.1, -0.05) is 0 Å². The van der Waals surface area contributed by atoms with Crippen molar-refractivity contribution in [2.45, 2.75) is 37.8 Å². The van der Waals surface area contributed by atoms with Gasteiger partial charge in [0.15, 0.2) is 17.4 Å². The van der Waals surface area contributed by atoms with Crippen LogP contribution in [-0.4, -0.2) is 74.2 Å². The maximum absolute atomic E-state index is 13.7. The number of pyridine rings is 2. The van der Waals surface area contributed by atoms with Crippen molar-refractivity contribution >= 4 is 29.1 Å². The molecule has 2 saturated heterocycles. The highest BCUT2D eigenvalue weighted by Gasteiger charge is 2.23. The summed E-state index contributed by atoms with van der Waals surface area (Å²) in [7, 11) is 0. The van der Waals surface area contributed by atoms with Crippen LogP contribution in [0.25, 0.3) is 0 Å². The number of hydrogen-bond donors (Lipinski definition) is 4. The molecule has 4 N–H and O–H groups in total. The zero-order valence-corrected chi connectivity index (χ0v) is 21.0. The first-order valence-electron chi connectivity index (χ1n) is 12.7. The van der Waals surface area contributed by atoms with Gasteiger partial charge in [-0.25, -0.2) is 15.5 Å². The minimum absolute atomic E-state index is 0.0528. The number of hydrogen-bond acceptors (Lipinski definition) is 12. The fourth-order valence-corrected chi connectivity index (χ4v) is 4.07. The van der Waals surface area contributed by atoms with E-state index in [9.17, 15) is 9.28 Å². The van der Waals surface area contributed by atoms with Crippen molar-refractivity contribution in [3.63, 3.8) is 0 Å². The summed E-state index contributed by atoms with van der Waals surface area (Å²) in [6.07, 6.45) is 4.76. The molecule has 2 aromatic heterocycles. The number of carbonyl (C=O) groups is 1. The van der Waals surface area contributed by atoms with Crippen molar-refractivity contribution in [1.29, 1.82) is 5.26 Å². The second kappa shape index (κ2) is 14.3. The lowest BCUT2D eigenvalue weighted by Gasteiger charge is -2.25. The van der Waals surface area contributed by atoms with Crippen LogP contribution >= 0.6 is 0 Å². The van der Waals surface area contributed by atoms with Gasteiger partial charge in [0.2, 0.25) is 0 Å². The molecule has 4 rings (SSSR count). The minimum Gasteiger partial charge on any atom is -0.487 e. The van der Waals surface area contributed by atoms with E-state index in [-0.39, 0.29) is 56.0 Å². The molecule has 2 aliphatic heterocycles. The van der Waals surface area contributed by atoms with E-state index in [1.807, 2.05) is 6.07 Å². The zero-order valence-electron chi connectivity index (χ0n) is 21.0. The highest BCUT2D eigenvalue weighted by molar-refractivity contribution is 5.76. The van der Waals surface area contributed by atoms with Crippen LogP contribution in [0.4, 0.5) is 27.6 Å². The third-order valence-electron chi connectivity index (χ3n) is 6.09. The third kappa shape index (κ3) is 7.88. The van der Waals surface area contributed by atoms with Crippen LogP contribution in [0.5, 0.6) is 5.75 Å². The van der Waals surface area contributed by atoms with E-state index in [2.05, 4.69) is 25.9 Å². The Bertz CT molecular complexity index is 1090. The van der Waals surface area contributed by atoms with Gasteiger partial charge in [-0.2, -0.15) is 5.26 Å². The smallest absolute Gasteiger partial charge is 0.323 e. The summed E-state index contributed by atoms with van der Waals surface area (Å²) in [4.78, 5) is 20.6. The molecule has 0 bridgehead atoms. The largest absolute Gasteiger partial charge is 0.487 e. The first-order valence-corrected chi connectivity index (χ1v) is 12.7. The number of rotatable bonds is 13. The molecule has 1 atom stereocenters. The Labute approximate surface area is 220 Å². The van der Waals surface area contributed by atoms with Gasteiger partial charge in [0.1, 0.15) is 36.8 Å². The Morgan fingerprint density at radius 3 is 2.74 bits per heavy atom. The predicted molar refractivity (Wildman–Crippen MR) is 137 cm³/mol. The van der Waals surface area contributed by atoms with Crippen LogP contribution < -0.4 is 26.2 Å². The van der Waals surface area contributed by atoms with E-state index in [1.165, 1.54) is 12.3 Å². The molecular weight excluding hydrogens is 497 g/mol. The molecule has 2 aromatic rings. The summed E-state index contributed by atoms with van der Waals surface area (Å²) >= 11 is 0. The van der Waals surface area contributed by atoms with Crippen LogP contribution in [0, 0.1) is 11.3 Å². The lowest BCUT2D eigenvalue weighted by molar-refractivity contribution is -0.147. The summed E-state index contributed by atoms with van der Waals surface area (Å²) in [5.74, 6) is 1.12. The number of aromatic nitrogens is 2. The van der Waals surface area contributed by atoms with Crippen molar-refractivity contribution in [2.24, 2.45) is 0 Å². The normalized spacial score (nSPS) is 17.4. The Morgan fingerprint density at radius 1 is 1.18 bits per heavy atom. The molecule has 0 saturated carbocycles. The van der Waals surface area contributed by atoms with E-state index in [0.717, 1.165) is 32.2 Å². The monoisotopic (exact) mass is 529 g/mol. The Hall–Kier alpha value is -3.73. The van der Waals surface area contributed by atoms with Gasteiger partial charge in [-0.05, 0) is 44.4 Å². The second-order valence-electron chi connectivity index (χ2n) is 8.80. The van der Waals surface area contributed by atoms with Crippen LogP contribution in [0.2, 0.25) is 0 Å². The number of nitrogens with one attached hydrogen (secondary N) is 4. The quantitative estimate of drug-likeness (QED) is 0.171. The standard InChI is InChI=1S/C25H32FN7O5/c26-33-20-14-21(37-12-10-36-11-13-38-25(34)19-2-1-7-28-19)24(30-18-5-8-35-9-6-18)32-23(20)31-22-4-3-17(15-27)16-29-22/h3-4,14,16,18-19,28,33H,1-2,5-13H2,(H2,29,30,31,32)/t19-/m0/s1. The molecule has 12 nitrogen and oxygen atoms in total. The van der Waals surface area contributed by atoms with Gasteiger partial charge < -0.3 is 34.9 Å². The number of anilines is 4. The molecular formula is C25H32FN7O5. The van der Waals surface area contributed by atoms with E-state index in [1.54, 1.807) is 17.7 Å². The first kappa shape index (κ1) is 27.3. The number of nitrogens with zero attached hydrogens (tertiary/aromatic N) is 3. The van der Waals surface area contributed by atoms with Gasteiger partial charge in [-0.15, -0.1) is 4.48 Å². The van der Waals surface area contributed by atoms with Gasteiger partial charge in [0.25, 0.3) is 0 Å². The van der Waals surface area contributed by atoms with Crippen LogP contribution in [0.1, 0.15) is 31.2 Å². The van der Waals surface area contributed by atoms with Gasteiger partial charge in [-0.3, -0.25) is 4.79 Å². The summed E-state index contributed by atoms with van der Waals surface area (Å²) < 4.78 is 35.8. The van der Waals surface area contributed by atoms with Crippen LogP contribution in [0.3, 0.4) is 0 Å². The molecule has 204 valence electrons. The van der Waals surface area contributed by atoms with Crippen LogP contribution in [-0.2, 0) is 19.0 Å². The molecule has 2 fully saturated rings. The Morgan fingerprint density at radius 2 is 2.03 bits per heavy atom. The van der Waals surface area contributed by atoms with E-state index in [0.29, 0.717) is 36.2 Å². The molecule has 0 unspecified atom stereocenters. The lowest BCUT2D eigenvalue weighted by Crippen LogP contribution is -2.33. The topological polar surface area (TPSA) is 152 Å². The number of ether oxygens (including phenoxy) is 4. The second-order valence-corrected chi connectivity index (χ2v) is 8.80. The summed E-state index contributed by atoms with van der Waals surface area (Å²) in [6, 6.07) is 6.60. The fraction of sp³-hybridized carbons (Fsp3) is 0.520. The summed E-state index contributed by atoms with van der Waals surface area (Å²) in [5, 5.41) is 18.4. The highest BCUT2D eigenvalue weighted by atomic mass is 19.2. The Kier molecular flexibility index (Phi) is 10.3. The zero-order chi connectivity index (χ0) is 26.6. The van der Waals surface area contributed by atoms with Crippen molar-refractivity contribution in [2.75, 3.05) is 62.4 Å². The number of nitriles is 1. The molecule has 0 amide bonds. The maximum atomic E-state index is 13.7. The maximum Gasteiger partial charge on any atom is 0.323 e. The van der Waals surface area contributed by atoms with Crippen molar-refractivity contribution in [3.05, 3.63) is 30.0 Å². The molecule has 38 heavy (non-hydrogen) atoms. The molecule has 0 aliphatic carbocycles. The molecule has 2 aliphatic rings.